The van der Waals surface area contributed by atoms with Crippen molar-refractivity contribution in [2.24, 2.45) is 40.2 Å². The maximum Gasteiger partial charge on any atom is 0.330 e. The number of ether oxygens (including phenoxy) is 2. The van der Waals surface area contributed by atoms with Crippen LogP contribution < -0.4 is 5.73 Å². The first kappa shape index (κ1) is 55.0. The van der Waals surface area contributed by atoms with Crippen molar-refractivity contribution in [2.45, 2.75) is 104 Å². The van der Waals surface area contributed by atoms with E-state index in [1.807, 2.05) is 55.5 Å². The lowest BCUT2D eigenvalue weighted by Crippen LogP contribution is -2.45. The summed E-state index contributed by atoms with van der Waals surface area (Å²) in [6.45, 7) is 4.70. The molecule has 0 amide bonds. The number of carbonyl (C=O) groups excluding carboxylic acids is 3. The van der Waals surface area contributed by atoms with Gasteiger partial charge in [-0.1, -0.05) is 127 Å². The molecular formula is C56H71ClN2O9. The van der Waals surface area contributed by atoms with Crippen molar-refractivity contribution in [3.63, 3.8) is 0 Å². The minimum atomic E-state index is -0.728. The Labute approximate surface area is 408 Å². The van der Waals surface area contributed by atoms with Crippen LogP contribution >= 0.6 is 12.4 Å². The van der Waals surface area contributed by atoms with Gasteiger partial charge in [0.15, 0.2) is 0 Å². The number of halogens is 1. The summed E-state index contributed by atoms with van der Waals surface area (Å²) < 4.78 is 9.83. The Morgan fingerprint density at radius 2 is 1.01 bits per heavy atom. The summed E-state index contributed by atoms with van der Waals surface area (Å²) in [5.74, 6) is 1.52. The molecule has 11 nitrogen and oxygen atoms in total. The van der Waals surface area contributed by atoms with E-state index < -0.39 is 11.4 Å². The van der Waals surface area contributed by atoms with E-state index in [2.05, 4.69) is 72.8 Å². The predicted octanol–water partition coefficient (Wildman–Crippen LogP) is 10.7. The van der Waals surface area contributed by atoms with Crippen LogP contribution in [0.15, 0.2) is 133 Å². The first-order valence-corrected chi connectivity index (χ1v) is 24.0. The van der Waals surface area contributed by atoms with E-state index in [-0.39, 0.29) is 54.1 Å². The van der Waals surface area contributed by atoms with Crippen molar-refractivity contribution >= 4 is 36.1 Å². The average molecular weight is 952 g/mol. The number of rotatable bonds is 18. The number of hydrogen-bond acceptors (Lipinski definition) is 9. The zero-order chi connectivity index (χ0) is 48.1. The zero-order valence-corrected chi connectivity index (χ0v) is 40.6. The Hall–Kier alpha value is -5.65. The SMILES string of the molecule is CCOC(=O)C=C1CC(Cc2ccccc2)C1.CCOC(=O)CC1(C[N+](=O)[O-])CC(Cc2ccccc2)C1.Cl.NCC1(CC(=O)O)CC(Cc2ccccc2)C1.O=C1CC(Cc2ccccc2)C1. The zero-order valence-electron chi connectivity index (χ0n) is 39.8. The van der Waals surface area contributed by atoms with E-state index in [0.717, 1.165) is 77.0 Å². The summed E-state index contributed by atoms with van der Waals surface area (Å²) in [4.78, 5) is 54.9. The molecule has 0 aliphatic heterocycles. The van der Waals surface area contributed by atoms with Crippen molar-refractivity contribution in [2.75, 3.05) is 26.3 Å². The molecule has 0 atom stereocenters. The number of carboxylic acid groups (broad SMARTS) is 1. The summed E-state index contributed by atoms with van der Waals surface area (Å²) in [6.07, 6.45) is 13.2. The summed E-state index contributed by atoms with van der Waals surface area (Å²) in [5, 5.41) is 19.7. The number of hydrogen-bond donors (Lipinski definition) is 2. The minimum Gasteiger partial charge on any atom is -0.481 e. The minimum absolute atomic E-state index is 0. The Morgan fingerprint density at radius 1 is 0.632 bits per heavy atom. The smallest absolute Gasteiger partial charge is 0.330 e. The van der Waals surface area contributed by atoms with E-state index in [1.54, 1.807) is 13.0 Å². The van der Waals surface area contributed by atoms with E-state index >= 15 is 0 Å². The van der Waals surface area contributed by atoms with Crippen molar-refractivity contribution in [3.8, 4) is 0 Å². The van der Waals surface area contributed by atoms with Crippen LogP contribution in [0.25, 0.3) is 0 Å². The van der Waals surface area contributed by atoms with Crippen LogP contribution in [-0.2, 0) is 54.3 Å². The van der Waals surface area contributed by atoms with Crippen LogP contribution in [0.1, 0.15) is 100 Å². The molecule has 4 fully saturated rings. The van der Waals surface area contributed by atoms with E-state index in [4.69, 9.17) is 20.3 Å². The van der Waals surface area contributed by atoms with Crippen molar-refractivity contribution in [3.05, 3.63) is 165 Å². The number of esters is 2. The third-order valence-electron chi connectivity index (χ3n) is 13.3. The molecule has 4 saturated carbocycles. The number of ketones is 1. The highest BCUT2D eigenvalue weighted by molar-refractivity contribution is 5.85. The van der Waals surface area contributed by atoms with Crippen LogP contribution in [0.5, 0.6) is 0 Å². The lowest BCUT2D eigenvalue weighted by atomic mass is 9.59. The highest BCUT2D eigenvalue weighted by atomic mass is 35.5. The second-order valence-corrected chi connectivity index (χ2v) is 19.2. The van der Waals surface area contributed by atoms with Gasteiger partial charge in [0.2, 0.25) is 6.54 Å². The molecule has 0 spiro atoms. The van der Waals surface area contributed by atoms with Gasteiger partial charge in [-0.2, -0.15) is 0 Å². The molecule has 8 rings (SSSR count). The second kappa shape index (κ2) is 28.0. The molecule has 68 heavy (non-hydrogen) atoms. The molecule has 3 N–H and O–H groups in total. The number of nitrogens with two attached hydrogens (primary N) is 1. The van der Waals surface area contributed by atoms with Gasteiger partial charge in [-0.05, 0) is 136 Å². The lowest BCUT2D eigenvalue weighted by molar-refractivity contribution is -0.503. The normalized spacial score (nSPS) is 22.0. The number of carbonyl (C=O) groups is 4. The van der Waals surface area contributed by atoms with Crippen molar-refractivity contribution < 1.29 is 38.7 Å². The number of Topliss-reactive ketones (excluding diaryl/α,β-unsaturated/α-hetero) is 1. The second-order valence-electron chi connectivity index (χ2n) is 19.2. The molecule has 0 bridgehead atoms. The first-order chi connectivity index (χ1) is 32.3. The van der Waals surface area contributed by atoms with Gasteiger partial charge in [-0.3, -0.25) is 24.5 Å². The molecule has 0 radical (unpaired) electrons. The van der Waals surface area contributed by atoms with Gasteiger partial charge in [0.05, 0.1) is 26.1 Å². The maximum atomic E-state index is 11.7. The Bertz CT molecular complexity index is 2180. The standard InChI is InChI=1S/C16H21NO4.C15H18O2.C14H19NO2.C11H12O.ClH/c1-2-21-15(18)11-16(12-17(19)20)9-14(10-16)8-13-6-4-3-5-7-13;1-2-17-15(16)11-14-9-13(10-14)8-12-6-4-3-5-7-12;15-10-14(9-13(16)17)7-12(8-14)6-11-4-2-1-3-5-11;12-11-7-10(8-11)6-9-4-2-1-3-5-9;/h3-7,14H,2,8-12H2,1H3;3-7,11,13H,2,8-10H2,1H3;1-5,12H,6-10,15H2,(H,16,17);1-5,10H,6-8H2;1H. The largest absolute Gasteiger partial charge is 0.481 e. The highest BCUT2D eigenvalue weighted by Crippen LogP contribution is 2.50. The molecule has 0 aromatic heterocycles. The topological polar surface area (TPSA) is 176 Å². The molecule has 12 heteroatoms. The number of allylic oxidation sites excluding steroid dienone is 1. The number of nitro groups is 1. The molecule has 0 unspecified atom stereocenters. The summed E-state index contributed by atoms with van der Waals surface area (Å²) in [7, 11) is 0. The summed E-state index contributed by atoms with van der Waals surface area (Å²) in [6, 6.07) is 41.3. The molecule has 366 valence electrons. The van der Waals surface area contributed by atoms with Gasteiger partial charge in [0, 0.05) is 29.3 Å². The highest BCUT2D eigenvalue weighted by Gasteiger charge is 2.49. The fraction of sp³-hybridized carbons (Fsp3) is 0.464. The Kier molecular flexibility index (Phi) is 22.6. The van der Waals surface area contributed by atoms with Crippen LogP contribution in [0, 0.1) is 44.6 Å². The predicted molar refractivity (Wildman–Crippen MR) is 268 cm³/mol. The summed E-state index contributed by atoms with van der Waals surface area (Å²) >= 11 is 0. The van der Waals surface area contributed by atoms with Gasteiger partial charge in [-0.25, -0.2) is 4.79 Å². The van der Waals surface area contributed by atoms with Crippen molar-refractivity contribution in [1.82, 2.24) is 0 Å². The van der Waals surface area contributed by atoms with Gasteiger partial charge in [0.25, 0.3) is 0 Å². The molecule has 0 heterocycles. The quantitative estimate of drug-likeness (QED) is 0.0422. The maximum absolute atomic E-state index is 11.7. The number of nitrogens with zero attached hydrogens (tertiary/aromatic N) is 1. The average Bonchev–Trinajstić information content (AvgIpc) is 3.26. The molecule has 4 aromatic carbocycles. The Morgan fingerprint density at radius 3 is 1.37 bits per heavy atom. The molecule has 4 aliphatic carbocycles. The Balaban J connectivity index is 0.000000200. The third kappa shape index (κ3) is 18.8. The van der Waals surface area contributed by atoms with Crippen LogP contribution in [-0.4, -0.2) is 60.0 Å². The van der Waals surface area contributed by atoms with Crippen LogP contribution in [0.4, 0.5) is 0 Å². The molecular weight excluding hydrogens is 880 g/mol. The number of aliphatic carboxylic acids is 1. The molecule has 4 aromatic rings. The first-order valence-electron chi connectivity index (χ1n) is 24.0. The fourth-order valence-corrected chi connectivity index (χ4v) is 10.3. The van der Waals surface area contributed by atoms with Crippen LogP contribution in [0.3, 0.4) is 0 Å². The van der Waals surface area contributed by atoms with E-state index in [0.29, 0.717) is 49.2 Å². The van der Waals surface area contributed by atoms with E-state index in [1.165, 1.54) is 27.8 Å². The monoisotopic (exact) mass is 950 g/mol. The lowest BCUT2D eigenvalue weighted by Gasteiger charge is -2.46. The molecule has 4 aliphatic rings. The van der Waals surface area contributed by atoms with Crippen molar-refractivity contribution in [1.29, 1.82) is 0 Å². The summed E-state index contributed by atoms with van der Waals surface area (Å²) in [5.41, 5.74) is 11.6. The van der Waals surface area contributed by atoms with Gasteiger partial charge < -0.3 is 20.3 Å². The number of benzene rings is 4. The van der Waals surface area contributed by atoms with Gasteiger partial charge >= 0.3 is 17.9 Å². The van der Waals surface area contributed by atoms with E-state index in [9.17, 15) is 29.3 Å². The van der Waals surface area contributed by atoms with Crippen LogP contribution in [0.2, 0.25) is 0 Å². The molecule has 0 saturated heterocycles. The van der Waals surface area contributed by atoms with Gasteiger partial charge in [-0.15, -0.1) is 12.4 Å². The number of carboxylic acids is 1. The van der Waals surface area contributed by atoms with Gasteiger partial charge in [0.1, 0.15) is 5.78 Å². The fourth-order valence-electron chi connectivity index (χ4n) is 10.3. The third-order valence-corrected chi connectivity index (χ3v) is 13.3.